The van der Waals surface area contributed by atoms with E-state index in [1.807, 2.05) is 42.5 Å². The van der Waals surface area contributed by atoms with Crippen molar-refractivity contribution >= 4 is 54.2 Å². The molecular formula is C20H17BrClN3O3S. The van der Waals surface area contributed by atoms with Crippen molar-refractivity contribution in [2.24, 2.45) is 5.10 Å². The predicted molar refractivity (Wildman–Crippen MR) is 118 cm³/mol. The normalized spacial score (nSPS) is 16.9. The van der Waals surface area contributed by atoms with Gasteiger partial charge < -0.3 is 4.74 Å². The lowest BCUT2D eigenvalue weighted by Crippen LogP contribution is -2.26. The van der Waals surface area contributed by atoms with Gasteiger partial charge in [0.1, 0.15) is 10.9 Å². The van der Waals surface area contributed by atoms with Gasteiger partial charge in [-0.15, -0.1) is 0 Å². The first-order valence-electron chi connectivity index (χ1n) is 8.73. The van der Waals surface area contributed by atoms with Crippen molar-refractivity contribution in [2.45, 2.75) is 12.5 Å². The number of aromatic nitrogens is 1. The van der Waals surface area contributed by atoms with E-state index >= 15 is 0 Å². The van der Waals surface area contributed by atoms with E-state index in [9.17, 15) is 8.42 Å². The van der Waals surface area contributed by atoms with E-state index in [1.54, 1.807) is 13.2 Å². The minimum Gasteiger partial charge on any atom is -0.497 e. The molecule has 2 aromatic carbocycles. The molecule has 0 spiro atoms. The Hall–Kier alpha value is -2.16. The highest BCUT2D eigenvalue weighted by Crippen LogP contribution is 2.38. The number of ether oxygens (including phenoxy) is 1. The molecular weight excluding hydrogens is 478 g/mol. The fourth-order valence-corrected chi connectivity index (χ4v) is 4.78. The number of nitrogens with zero attached hydrogens (tertiary/aromatic N) is 3. The number of hydrazone groups is 1. The molecule has 1 aromatic heterocycles. The number of rotatable bonds is 4. The molecule has 29 heavy (non-hydrogen) atoms. The minimum absolute atomic E-state index is 0.247. The van der Waals surface area contributed by atoms with Gasteiger partial charge in [-0.2, -0.15) is 9.52 Å². The lowest BCUT2D eigenvalue weighted by atomic mass is 9.99. The molecule has 9 heteroatoms. The van der Waals surface area contributed by atoms with E-state index in [2.05, 4.69) is 26.0 Å². The molecule has 150 valence electrons. The van der Waals surface area contributed by atoms with Crippen molar-refractivity contribution in [3.8, 4) is 5.75 Å². The lowest BCUT2D eigenvalue weighted by molar-refractivity contribution is 0.374. The highest BCUT2D eigenvalue weighted by atomic mass is 79.9. The number of fused-ring (bicyclic) bond motifs is 1. The average Bonchev–Trinajstić information content (AvgIpc) is 3.13. The maximum absolute atomic E-state index is 12.4. The van der Waals surface area contributed by atoms with Crippen LogP contribution in [0.5, 0.6) is 5.75 Å². The summed E-state index contributed by atoms with van der Waals surface area (Å²) < 4.78 is 32.2. The van der Waals surface area contributed by atoms with Gasteiger partial charge in [-0.25, -0.2) is 13.4 Å². The molecule has 6 nitrogen and oxygen atoms in total. The number of benzene rings is 2. The van der Waals surface area contributed by atoms with E-state index in [0.717, 1.165) is 26.1 Å². The van der Waals surface area contributed by atoms with Gasteiger partial charge >= 0.3 is 0 Å². The Kier molecular flexibility index (Phi) is 5.27. The van der Waals surface area contributed by atoms with Crippen molar-refractivity contribution < 1.29 is 13.2 Å². The second-order valence-electron chi connectivity index (χ2n) is 6.74. The van der Waals surface area contributed by atoms with Gasteiger partial charge in [0.15, 0.2) is 0 Å². The Morgan fingerprint density at radius 2 is 1.90 bits per heavy atom. The highest BCUT2D eigenvalue weighted by molar-refractivity contribution is 9.10. The zero-order valence-electron chi connectivity index (χ0n) is 15.6. The van der Waals surface area contributed by atoms with Crippen molar-refractivity contribution in [1.29, 1.82) is 0 Å². The lowest BCUT2D eigenvalue weighted by Gasteiger charge is -2.22. The third kappa shape index (κ3) is 3.97. The van der Waals surface area contributed by atoms with Crippen LogP contribution in [0.3, 0.4) is 0 Å². The molecule has 0 bridgehead atoms. The second kappa shape index (κ2) is 7.59. The van der Waals surface area contributed by atoms with Crippen LogP contribution in [0.4, 0.5) is 0 Å². The fraction of sp³-hybridized carbons (Fsp3) is 0.200. The topological polar surface area (TPSA) is 71.9 Å². The number of sulfonamides is 1. The molecule has 0 fully saturated rings. The van der Waals surface area contributed by atoms with Crippen LogP contribution in [0.1, 0.15) is 23.6 Å². The van der Waals surface area contributed by atoms with Crippen LogP contribution in [0.25, 0.3) is 10.9 Å². The van der Waals surface area contributed by atoms with Crippen molar-refractivity contribution in [1.82, 2.24) is 9.40 Å². The predicted octanol–water partition coefficient (Wildman–Crippen LogP) is 4.77. The van der Waals surface area contributed by atoms with E-state index < -0.39 is 16.1 Å². The standard InChI is InChI=1S/C20H17BrClN3O3S/c1-28-15-8-5-13-9-16(20(22)23-17(13)10-15)19-11-18(24-25(19)29(2,26)27)12-3-6-14(21)7-4-12/h3-10,19H,11H2,1-2H3/t19-/m1/s1. The Bertz CT molecular complexity index is 1230. The summed E-state index contributed by atoms with van der Waals surface area (Å²) in [7, 11) is -2.02. The molecule has 0 amide bonds. The van der Waals surface area contributed by atoms with Crippen molar-refractivity contribution in [2.75, 3.05) is 13.4 Å². The fourth-order valence-electron chi connectivity index (χ4n) is 3.34. The summed E-state index contributed by atoms with van der Waals surface area (Å²) in [6.07, 6.45) is 1.54. The third-order valence-corrected chi connectivity index (χ3v) is 6.60. The van der Waals surface area contributed by atoms with Gasteiger partial charge in [0.25, 0.3) is 0 Å². The molecule has 3 aromatic rings. The number of halogens is 2. The SMILES string of the molecule is COc1ccc2cc([C@H]3CC(c4ccc(Br)cc4)=NN3S(C)(=O)=O)c(Cl)nc2c1. The van der Waals surface area contributed by atoms with Gasteiger partial charge in [-0.1, -0.05) is 39.7 Å². The quantitative estimate of drug-likeness (QED) is 0.490. The first-order chi connectivity index (χ1) is 13.8. The van der Waals surface area contributed by atoms with E-state index in [-0.39, 0.29) is 5.15 Å². The Morgan fingerprint density at radius 1 is 1.17 bits per heavy atom. The zero-order chi connectivity index (χ0) is 20.8. The Labute approximate surface area is 182 Å². The molecule has 0 unspecified atom stereocenters. The third-order valence-electron chi connectivity index (χ3n) is 4.75. The average molecular weight is 495 g/mol. The summed E-state index contributed by atoms with van der Waals surface area (Å²) in [5.41, 5.74) is 2.83. The molecule has 2 heterocycles. The van der Waals surface area contributed by atoms with E-state index in [4.69, 9.17) is 16.3 Å². The van der Waals surface area contributed by atoms with Gasteiger partial charge in [-0.05, 0) is 35.9 Å². The van der Waals surface area contributed by atoms with Gasteiger partial charge in [0.05, 0.1) is 30.6 Å². The van der Waals surface area contributed by atoms with Gasteiger partial charge in [-0.3, -0.25) is 0 Å². The summed E-state index contributed by atoms with van der Waals surface area (Å²) in [4.78, 5) is 4.46. The molecule has 0 saturated heterocycles. The van der Waals surface area contributed by atoms with Crippen molar-refractivity contribution in [3.63, 3.8) is 0 Å². The van der Waals surface area contributed by atoms with Crippen molar-refractivity contribution in [3.05, 3.63) is 69.3 Å². The summed E-state index contributed by atoms with van der Waals surface area (Å²) in [6.45, 7) is 0. The van der Waals surface area contributed by atoms with Gasteiger partial charge in [0.2, 0.25) is 10.0 Å². The molecule has 0 N–H and O–H groups in total. The summed E-state index contributed by atoms with van der Waals surface area (Å²) in [5.74, 6) is 0.674. The molecule has 4 rings (SSSR count). The van der Waals surface area contributed by atoms with Crippen LogP contribution in [0, 0.1) is 0 Å². The number of hydrogen-bond donors (Lipinski definition) is 0. The largest absolute Gasteiger partial charge is 0.497 e. The van der Waals surface area contributed by atoms with Crippen LogP contribution in [-0.4, -0.2) is 36.9 Å². The zero-order valence-corrected chi connectivity index (χ0v) is 18.8. The first kappa shape index (κ1) is 20.1. The molecule has 0 saturated carbocycles. The van der Waals surface area contributed by atoms with Gasteiger partial charge in [0, 0.05) is 27.9 Å². The number of pyridine rings is 1. The van der Waals surface area contributed by atoms with Crippen LogP contribution in [0.2, 0.25) is 5.15 Å². The molecule has 1 aliphatic heterocycles. The molecule has 0 aliphatic carbocycles. The van der Waals surface area contributed by atoms with Crippen LogP contribution < -0.4 is 4.74 Å². The molecule has 1 aliphatic rings. The summed E-state index contributed by atoms with van der Waals surface area (Å²) in [6, 6.07) is 14.4. The highest BCUT2D eigenvalue weighted by Gasteiger charge is 2.36. The number of methoxy groups -OCH3 is 1. The molecule has 0 radical (unpaired) electrons. The number of hydrogen-bond acceptors (Lipinski definition) is 5. The Morgan fingerprint density at radius 3 is 2.55 bits per heavy atom. The first-order valence-corrected chi connectivity index (χ1v) is 11.8. The molecule has 1 atom stereocenters. The summed E-state index contributed by atoms with van der Waals surface area (Å²) >= 11 is 9.89. The maximum atomic E-state index is 12.4. The smallest absolute Gasteiger partial charge is 0.247 e. The van der Waals surface area contributed by atoms with Crippen LogP contribution in [-0.2, 0) is 10.0 Å². The maximum Gasteiger partial charge on any atom is 0.247 e. The van der Waals surface area contributed by atoms with E-state index in [0.29, 0.717) is 29.0 Å². The van der Waals surface area contributed by atoms with E-state index in [1.165, 1.54) is 0 Å². The minimum atomic E-state index is -3.60. The van der Waals surface area contributed by atoms with Crippen LogP contribution >= 0.6 is 27.5 Å². The monoisotopic (exact) mass is 493 g/mol. The second-order valence-corrected chi connectivity index (χ2v) is 9.85. The Balaban J connectivity index is 1.79. The summed E-state index contributed by atoms with van der Waals surface area (Å²) in [5, 5.41) is 5.50. The van der Waals surface area contributed by atoms with Crippen LogP contribution in [0.15, 0.2) is 58.1 Å².